The summed E-state index contributed by atoms with van der Waals surface area (Å²) in [6.07, 6.45) is 3.51. The maximum absolute atomic E-state index is 5.55. The van der Waals surface area contributed by atoms with Crippen molar-refractivity contribution in [1.29, 1.82) is 0 Å². The van der Waals surface area contributed by atoms with Crippen LogP contribution >= 0.6 is 0 Å². The first-order valence-electron chi connectivity index (χ1n) is 5.12. The molecule has 2 N–H and O–H groups in total. The van der Waals surface area contributed by atoms with Gasteiger partial charge in [-0.3, -0.25) is 4.98 Å². The predicted molar refractivity (Wildman–Crippen MR) is 64.1 cm³/mol. The molecule has 0 radical (unpaired) electrons. The van der Waals surface area contributed by atoms with E-state index in [0.29, 0.717) is 6.54 Å². The Morgan fingerprint density at radius 1 is 1.12 bits per heavy atom. The molecule has 1 aromatic carbocycles. The van der Waals surface area contributed by atoms with Gasteiger partial charge in [-0.25, -0.2) is 0 Å². The number of nitrogens with zero attached hydrogens (tertiary/aromatic N) is 1. The van der Waals surface area contributed by atoms with Crippen LogP contribution in [0.2, 0.25) is 0 Å². The predicted octanol–water partition coefficient (Wildman–Crippen LogP) is 2.22. The summed E-state index contributed by atoms with van der Waals surface area (Å²) in [5.41, 5.74) is 8.84. The summed E-state index contributed by atoms with van der Waals surface area (Å²) in [5.74, 6) is 0.764. The van der Waals surface area contributed by atoms with E-state index in [1.807, 2.05) is 36.5 Å². The molecule has 0 spiro atoms. The molecular formula is C13H14N2O. The molecule has 0 unspecified atom stereocenters. The van der Waals surface area contributed by atoms with Gasteiger partial charge in [-0.2, -0.15) is 0 Å². The molecular weight excluding hydrogens is 200 g/mol. The molecule has 0 saturated carbocycles. The molecule has 0 aliphatic carbocycles. The lowest BCUT2D eigenvalue weighted by molar-refractivity contribution is 0.413. The number of nitrogens with two attached hydrogens (primary N) is 1. The van der Waals surface area contributed by atoms with Gasteiger partial charge in [0.15, 0.2) is 0 Å². The van der Waals surface area contributed by atoms with E-state index in [0.717, 1.165) is 22.4 Å². The minimum Gasteiger partial charge on any atom is -0.495 e. The summed E-state index contributed by atoms with van der Waals surface area (Å²) in [5, 5.41) is 0. The largest absolute Gasteiger partial charge is 0.495 e. The Morgan fingerprint density at radius 3 is 2.50 bits per heavy atom. The molecule has 16 heavy (non-hydrogen) atoms. The highest BCUT2D eigenvalue weighted by atomic mass is 16.5. The average molecular weight is 214 g/mol. The van der Waals surface area contributed by atoms with Crippen molar-refractivity contribution in [2.24, 2.45) is 5.73 Å². The monoisotopic (exact) mass is 214 g/mol. The Balaban J connectivity index is 2.34. The number of methoxy groups -OCH3 is 1. The third-order valence-corrected chi connectivity index (χ3v) is 2.47. The normalized spacial score (nSPS) is 10.1. The lowest BCUT2D eigenvalue weighted by Crippen LogP contribution is -1.95. The van der Waals surface area contributed by atoms with Crippen LogP contribution in [0.25, 0.3) is 11.1 Å². The second-order valence-corrected chi connectivity index (χ2v) is 3.51. The summed E-state index contributed by atoms with van der Waals surface area (Å²) in [4.78, 5) is 4.12. The molecule has 0 atom stereocenters. The van der Waals surface area contributed by atoms with Gasteiger partial charge in [0.25, 0.3) is 0 Å². The van der Waals surface area contributed by atoms with E-state index in [9.17, 15) is 0 Å². The third-order valence-electron chi connectivity index (χ3n) is 2.47. The molecule has 82 valence electrons. The summed E-state index contributed by atoms with van der Waals surface area (Å²) in [7, 11) is 1.64. The van der Waals surface area contributed by atoms with Crippen LogP contribution in [0, 0.1) is 0 Å². The van der Waals surface area contributed by atoms with Gasteiger partial charge in [-0.05, 0) is 17.2 Å². The van der Waals surface area contributed by atoms with E-state index in [1.54, 1.807) is 13.3 Å². The van der Waals surface area contributed by atoms with Crippen LogP contribution in [0.1, 0.15) is 5.56 Å². The van der Waals surface area contributed by atoms with E-state index in [1.165, 1.54) is 0 Å². The molecule has 0 saturated heterocycles. The summed E-state index contributed by atoms with van der Waals surface area (Å²) in [6, 6.07) is 10.1. The van der Waals surface area contributed by atoms with Crippen LogP contribution in [-0.2, 0) is 6.54 Å². The molecule has 0 aliphatic heterocycles. The molecule has 1 aromatic heterocycles. The van der Waals surface area contributed by atoms with Gasteiger partial charge in [0.2, 0.25) is 0 Å². The van der Waals surface area contributed by atoms with Gasteiger partial charge >= 0.3 is 0 Å². The lowest BCUT2D eigenvalue weighted by atomic mass is 10.1. The van der Waals surface area contributed by atoms with E-state index in [4.69, 9.17) is 10.5 Å². The molecule has 2 rings (SSSR count). The first-order valence-corrected chi connectivity index (χ1v) is 5.12. The lowest BCUT2D eigenvalue weighted by Gasteiger charge is -2.04. The van der Waals surface area contributed by atoms with Crippen molar-refractivity contribution >= 4 is 0 Å². The maximum Gasteiger partial charge on any atom is 0.137 e. The number of hydrogen-bond donors (Lipinski definition) is 1. The zero-order valence-corrected chi connectivity index (χ0v) is 9.18. The third kappa shape index (κ3) is 2.20. The highest BCUT2D eigenvalue weighted by molar-refractivity contribution is 5.64. The van der Waals surface area contributed by atoms with Crippen LogP contribution in [0.5, 0.6) is 5.75 Å². The van der Waals surface area contributed by atoms with E-state index in [2.05, 4.69) is 4.98 Å². The maximum atomic E-state index is 5.55. The Hall–Kier alpha value is -1.87. The molecule has 1 heterocycles. The fourth-order valence-electron chi connectivity index (χ4n) is 1.52. The van der Waals surface area contributed by atoms with Crippen LogP contribution in [0.15, 0.2) is 42.7 Å². The number of aromatic nitrogens is 1. The number of benzene rings is 1. The topological polar surface area (TPSA) is 48.1 Å². The van der Waals surface area contributed by atoms with Gasteiger partial charge in [0.1, 0.15) is 5.75 Å². The first-order chi connectivity index (χ1) is 7.83. The van der Waals surface area contributed by atoms with Gasteiger partial charge in [-0.15, -0.1) is 0 Å². The van der Waals surface area contributed by atoms with Gasteiger partial charge in [0.05, 0.1) is 13.3 Å². The molecule has 0 aliphatic rings. The first kappa shape index (κ1) is 10.6. The molecule has 2 aromatic rings. The summed E-state index contributed by atoms with van der Waals surface area (Å²) >= 11 is 0. The second kappa shape index (κ2) is 4.77. The fraction of sp³-hybridized carbons (Fsp3) is 0.154. The van der Waals surface area contributed by atoms with E-state index >= 15 is 0 Å². The fourth-order valence-corrected chi connectivity index (χ4v) is 1.52. The Morgan fingerprint density at radius 2 is 1.88 bits per heavy atom. The molecule has 0 fully saturated rings. The quantitative estimate of drug-likeness (QED) is 0.852. The van der Waals surface area contributed by atoms with Crippen molar-refractivity contribution in [2.45, 2.75) is 6.54 Å². The molecule has 3 nitrogen and oxygen atoms in total. The summed E-state index contributed by atoms with van der Waals surface area (Å²) in [6.45, 7) is 0.566. The van der Waals surface area contributed by atoms with Crippen LogP contribution in [0.3, 0.4) is 0 Å². The van der Waals surface area contributed by atoms with E-state index in [-0.39, 0.29) is 0 Å². The number of pyridine rings is 1. The number of ether oxygens (including phenoxy) is 1. The van der Waals surface area contributed by atoms with Gasteiger partial charge in [0, 0.05) is 18.3 Å². The van der Waals surface area contributed by atoms with Gasteiger partial charge in [-0.1, -0.05) is 24.3 Å². The van der Waals surface area contributed by atoms with Crippen LogP contribution < -0.4 is 10.5 Å². The van der Waals surface area contributed by atoms with Crippen LogP contribution in [0.4, 0.5) is 0 Å². The zero-order valence-electron chi connectivity index (χ0n) is 9.18. The van der Waals surface area contributed by atoms with Crippen molar-refractivity contribution in [1.82, 2.24) is 4.98 Å². The molecule has 0 bridgehead atoms. The number of rotatable bonds is 3. The van der Waals surface area contributed by atoms with E-state index < -0.39 is 0 Å². The number of hydrogen-bond acceptors (Lipinski definition) is 3. The van der Waals surface area contributed by atoms with Gasteiger partial charge < -0.3 is 10.5 Å². The Bertz CT molecular complexity index is 466. The Labute approximate surface area is 94.9 Å². The van der Waals surface area contributed by atoms with Crippen molar-refractivity contribution in [3.05, 3.63) is 48.3 Å². The second-order valence-electron chi connectivity index (χ2n) is 3.51. The van der Waals surface area contributed by atoms with Crippen molar-refractivity contribution in [3.8, 4) is 16.9 Å². The SMILES string of the molecule is COc1cncc(-c2ccc(CN)cc2)c1. The average Bonchev–Trinajstić information content (AvgIpc) is 2.39. The standard InChI is InChI=1S/C13H14N2O/c1-16-13-6-12(8-15-9-13)11-4-2-10(7-14)3-5-11/h2-6,8-9H,7,14H2,1H3. The molecule has 3 heteroatoms. The highest BCUT2D eigenvalue weighted by Crippen LogP contribution is 2.22. The highest BCUT2D eigenvalue weighted by Gasteiger charge is 2.00. The minimum absolute atomic E-state index is 0.566. The summed E-state index contributed by atoms with van der Waals surface area (Å²) < 4.78 is 5.14. The smallest absolute Gasteiger partial charge is 0.137 e. The van der Waals surface area contributed by atoms with Crippen molar-refractivity contribution in [2.75, 3.05) is 7.11 Å². The van der Waals surface area contributed by atoms with Crippen molar-refractivity contribution in [3.63, 3.8) is 0 Å². The zero-order chi connectivity index (χ0) is 11.4. The molecule has 0 amide bonds. The van der Waals surface area contributed by atoms with Crippen molar-refractivity contribution < 1.29 is 4.74 Å². The minimum atomic E-state index is 0.566. The Kier molecular flexibility index (Phi) is 3.17. The van der Waals surface area contributed by atoms with Crippen LogP contribution in [-0.4, -0.2) is 12.1 Å².